The highest BCUT2D eigenvalue weighted by atomic mass is 16.6. The van der Waals surface area contributed by atoms with E-state index in [0.717, 1.165) is 29.4 Å². The van der Waals surface area contributed by atoms with Gasteiger partial charge in [-0.2, -0.15) is 0 Å². The Balaban J connectivity index is 2.29. The molecule has 0 aliphatic heterocycles. The van der Waals surface area contributed by atoms with Gasteiger partial charge in [0.15, 0.2) is 0 Å². The van der Waals surface area contributed by atoms with Crippen LogP contribution in [-0.4, -0.2) is 43.2 Å². The number of amides is 1. The molecular formula is C15H21N3O2. The molecule has 0 radical (unpaired) electrons. The maximum Gasteiger partial charge on any atom is 0.412 e. The highest BCUT2D eigenvalue weighted by Gasteiger charge is 2.12. The summed E-state index contributed by atoms with van der Waals surface area (Å²) in [6, 6.07) is 5.69. The standard InChI is InChI=1S/C15H21N3O2/c1-4-16-15(19)20-13-7-5-6-12-14(13)11(10-17-12)8-9-18(2)3/h5-7,10,17H,4,8-9H2,1-3H3,(H,16,19). The number of rotatable bonds is 5. The van der Waals surface area contributed by atoms with Crippen molar-refractivity contribution in [3.8, 4) is 5.75 Å². The van der Waals surface area contributed by atoms with Crippen molar-refractivity contribution >= 4 is 17.0 Å². The monoisotopic (exact) mass is 275 g/mol. The molecule has 0 aliphatic carbocycles. The van der Waals surface area contributed by atoms with Gasteiger partial charge in [-0.05, 0) is 45.1 Å². The van der Waals surface area contributed by atoms with Crippen molar-refractivity contribution in [3.05, 3.63) is 30.0 Å². The zero-order valence-electron chi connectivity index (χ0n) is 12.2. The Hall–Kier alpha value is -2.01. The highest BCUT2D eigenvalue weighted by molar-refractivity contribution is 5.91. The van der Waals surface area contributed by atoms with Crippen molar-refractivity contribution in [1.82, 2.24) is 15.2 Å². The number of nitrogens with zero attached hydrogens (tertiary/aromatic N) is 1. The average Bonchev–Trinajstić information content (AvgIpc) is 2.81. The second-order valence-electron chi connectivity index (χ2n) is 4.97. The van der Waals surface area contributed by atoms with Crippen LogP contribution < -0.4 is 10.1 Å². The largest absolute Gasteiger partial charge is 0.412 e. The molecule has 1 amide bonds. The minimum absolute atomic E-state index is 0.417. The Morgan fingerprint density at radius 1 is 1.40 bits per heavy atom. The molecule has 5 nitrogen and oxygen atoms in total. The third kappa shape index (κ3) is 3.30. The van der Waals surface area contributed by atoms with Gasteiger partial charge < -0.3 is 19.9 Å². The Kier molecular flexibility index (Phi) is 4.63. The van der Waals surface area contributed by atoms with E-state index in [0.29, 0.717) is 12.3 Å². The molecular weight excluding hydrogens is 254 g/mol. The lowest BCUT2D eigenvalue weighted by Crippen LogP contribution is -2.26. The number of hydrogen-bond acceptors (Lipinski definition) is 3. The summed E-state index contributed by atoms with van der Waals surface area (Å²) < 4.78 is 5.39. The number of aromatic nitrogens is 1. The zero-order chi connectivity index (χ0) is 14.5. The molecule has 1 aromatic carbocycles. The quantitative estimate of drug-likeness (QED) is 0.881. The van der Waals surface area contributed by atoms with Crippen LogP contribution in [0.1, 0.15) is 12.5 Å². The van der Waals surface area contributed by atoms with E-state index in [1.54, 1.807) is 0 Å². The van der Waals surface area contributed by atoms with Gasteiger partial charge >= 0.3 is 6.09 Å². The van der Waals surface area contributed by atoms with E-state index in [-0.39, 0.29) is 0 Å². The third-order valence-electron chi connectivity index (χ3n) is 3.10. The number of benzene rings is 1. The van der Waals surface area contributed by atoms with Gasteiger partial charge in [0, 0.05) is 30.2 Å². The number of ether oxygens (including phenoxy) is 1. The van der Waals surface area contributed by atoms with Gasteiger partial charge in [-0.3, -0.25) is 0 Å². The van der Waals surface area contributed by atoms with E-state index < -0.39 is 6.09 Å². The zero-order valence-corrected chi connectivity index (χ0v) is 12.2. The molecule has 0 saturated heterocycles. The average molecular weight is 275 g/mol. The van der Waals surface area contributed by atoms with E-state index in [4.69, 9.17) is 4.74 Å². The summed E-state index contributed by atoms with van der Waals surface area (Å²) in [5.41, 5.74) is 2.15. The lowest BCUT2D eigenvalue weighted by Gasteiger charge is -2.10. The van der Waals surface area contributed by atoms with Crippen LogP contribution in [0.25, 0.3) is 10.9 Å². The summed E-state index contributed by atoms with van der Waals surface area (Å²) in [6.07, 6.45) is 2.47. The second kappa shape index (κ2) is 6.43. The maximum absolute atomic E-state index is 11.6. The van der Waals surface area contributed by atoms with Crippen molar-refractivity contribution in [3.63, 3.8) is 0 Å². The van der Waals surface area contributed by atoms with Crippen molar-refractivity contribution in [2.45, 2.75) is 13.3 Å². The molecule has 2 N–H and O–H groups in total. The van der Waals surface area contributed by atoms with Crippen molar-refractivity contribution < 1.29 is 9.53 Å². The van der Waals surface area contributed by atoms with Gasteiger partial charge in [-0.25, -0.2) is 4.79 Å². The van der Waals surface area contributed by atoms with E-state index in [9.17, 15) is 4.79 Å². The normalized spacial score (nSPS) is 11.0. The van der Waals surface area contributed by atoms with Gasteiger partial charge in [0.25, 0.3) is 0 Å². The van der Waals surface area contributed by atoms with Crippen LogP contribution in [0, 0.1) is 0 Å². The molecule has 108 valence electrons. The number of hydrogen-bond donors (Lipinski definition) is 2. The number of fused-ring (bicyclic) bond motifs is 1. The summed E-state index contributed by atoms with van der Waals surface area (Å²) >= 11 is 0. The van der Waals surface area contributed by atoms with Crippen LogP contribution in [-0.2, 0) is 6.42 Å². The van der Waals surface area contributed by atoms with Crippen LogP contribution in [0.4, 0.5) is 4.79 Å². The first-order valence-corrected chi connectivity index (χ1v) is 6.81. The fourth-order valence-electron chi connectivity index (χ4n) is 2.13. The van der Waals surface area contributed by atoms with Gasteiger partial charge in [0.1, 0.15) is 5.75 Å². The summed E-state index contributed by atoms with van der Waals surface area (Å²) in [5.74, 6) is 0.600. The molecule has 0 fully saturated rings. The molecule has 0 atom stereocenters. The molecule has 0 unspecified atom stereocenters. The van der Waals surface area contributed by atoms with Crippen molar-refractivity contribution in [1.29, 1.82) is 0 Å². The van der Waals surface area contributed by atoms with E-state index in [1.807, 2.05) is 45.4 Å². The van der Waals surface area contributed by atoms with Crippen LogP contribution in [0.3, 0.4) is 0 Å². The first-order chi connectivity index (χ1) is 9.61. The van der Waals surface area contributed by atoms with Crippen LogP contribution >= 0.6 is 0 Å². The topological polar surface area (TPSA) is 57.4 Å². The lowest BCUT2D eigenvalue weighted by molar-refractivity contribution is 0.201. The molecule has 20 heavy (non-hydrogen) atoms. The van der Waals surface area contributed by atoms with Crippen LogP contribution in [0.2, 0.25) is 0 Å². The summed E-state index contributed by atoms with van der Waals surface area (Å²) in [4.78, 5) is 17.0. The summed E-state index contributed by atoms with van der Waals surface area (Å²) in [6.45, 7) is 3.36. The molecule has 5 heteroatoms. The molecule has 2 aromatic rings. The molecule has 2 rings (SSSR count). The molecule has 0 spiro atoms. The smallest absolute Gasteiger partial charge is 0.410 e. The van der Waals surface area contributed by atoms with Crippen LogP contribution in [0.5, 0.6) is 5.75 Å². The Morgan fingerprint density at radius 2 is 2.20 bits per heavy atom. The van der Waals surface area contributed by atoms with E-state index >= 15 is 0 Å². The van der Waals surface area contributed by atoms with Crippen molar-refractivity contribution in [2.75, 3.05) is 27.2 Å². The third-order valence-corrected chi connectivity index (χ3v) is 3.10. The maximum atomic E-state index is 11.6. The van der Waals surface area contributed by atoms with Crippen LogP contribution in [0.15, 0.2) is 24.4 Å². The predicted molar refractivity (Wildman–Crippen MR) is 80.3 cm³/mol. The van der Waals surface area contributed by atoms with Gasteiger partial charge in [-0.1, -0.05) is 6.07 Å². The number of carbonyl (C=O) groups is 1. The Bertz CT molecular complexity index is 590. The first kappa shape index (κ1) is 14.4. The second-order valence-corrected chi connectivity index (χ2v) is 4.97. The fourth-order valence-corrected chi connectivity index (χ4v) is 2.13. The number of aromatic amines is 1. The number of likely N-dealkylation sites (N-methyl/N-ethyl adjacent to an activating group) is 1. The van der Waals surface area contributed by atoms with Gasteiger partial charge in [0.2, 0.25) is 0 Å². The Labute approximate surface area is 118 Å². The number of carbonyl (C=O) groups excluding carboxylic acids is 1. The van der Waals surface area contributed by atoms with Gasteiger partial charge in [0.05, 0.1) is 0 Å². The Morgan fingerprint density at radius 3 is 2.90 bits per heavy atom. The minimum atomic E-state index is -0.417. The van der Waals surface area contributed by atoms with E-state index in [2.05, 4.69) is 15.2 Å². The molecule has 1 heterocycles. The van der Waals surface area contributed by atoms with Crippen molar-refractivity contribution in [2.24, 2.45) is 0 Å². The minimum Gasteiger partial charge on any atom is -0.410 e. The SMILES string of the molecule is CCNC(=O)Oc1cccc2[nH]cc(CCN(C)C)c12. The first-order valence-electron chi connectivity index (χ1n) is 6.81. The summed E-state index contributed by atoms with van der Waals surface area (Å²) in [5, 5.41) is 3.63. The number of H-pyrrole nitrogens is 1. The molecule has 0 bridgehead atoms. The fraction of sp³-hybridized carbons (Fsp3) is 0.400. The van der Waals surface area contributed by atoms with Gasteiger partial charge in [-0.15, -0.1) is 0 Å². The van der Waals surface area contributed by atoms with E-state index in [1.165, 1.54) is 0 Å². The molecule has 1 aromatic heterocycles. The summed E-state index contributed by atoms with van der Waals surface area (Å²) in [7, 11) is 4.09. The number of nitrogens with one attached hydrogen (secondary N) is 2. The predicted octanol–water partition coefficient (Wildman–Crippen LogP) is 2.38. The molecule has 0 saturated carbocycles. The highest BCUT2D eigenvalue weighted by Crippen LogP contribution is 2.29. The lowest BCUT2D eigenvalue weighted by atomic mass is 10.1. The molecule has 0 aliphatic rings.